The first kappa shape index (κ1) is 10.1. The number of nitrogens with two attached hydrogens (primary N) is 1. The lowest BCUT2D eigenvalue weighted by atomic mass is 9.87. The molecule has 0 aromatic heterocycles. The number of carbonyl (C=O) groups excluding carboxylic acids is 1. The summed E-state index contributed by atoms with van der Waals surface area (Å²) in [5.41, 5.74) is 8.17. The third-order valence-corrected chi connectivity index (χ3v) is 3.15. The number of benzene rings is 1. The number of rotatable bonds is 2. The fourth-order valence-electron chi connectivity index (χ4n) is 1.90. The van der Waals surface area contributed by atoms with E-state index >= 15 is 0 Å². The van der Waals surface area contributed by atoms with Crippen LogP contribution in [0, 0.1) is 0 Å². The lowest BCUT2D eigenvalue weighted by molar-refractivity contribution is -0.143. The molecule has 0 amide bonds. The fourth-order valence-corrected chi connectivity index (χ4v) is 1.90. The van der Waals surface area contributed by atoms with Gasteiger partial charge in [0.05, 0.1) is 12.5 Å². The predicted octanol–water partition coefficient (Wildman–Crippen LogP) is -0.268. The molecule has 0 bridgehead atoms. The highest BCUT2D eigenvalue weighted by molar-refractivity contribution is 6.35. The number of ether oxygens (including phenoxy) is 1. The Balaban J connectivity index is 2.38. The van der Waals surface area contributed by atoms with Gasteiger partial charge in [-0.2, -0.15) is 0 Å². The molecule has 1 aliphatic rings. The fraction of sp³-hybridized carbons (Fsp3) is 0.364. The summed E-state index contributed by atoms with van der Waals surface area (Å²) in [6, 6.07) is 5.76. The Morgan fingerprint density at radius 1 is 1.53 bits per heavy atom. The van der Waals surface area contributed by atoms with Crippen molar-refractivity contribution in [2.75, 3.05) is 12.8 Å². The second kappa shape index (κ2) is 3.30. The zero-order valence-corrected chi connectivity index (χ0v) is 9.04. The van der Waals surface area contributed by atoms with Crippen LogP contribution in [0.1, 0.15) is 18.4 Å². The van der Waals surface area contributed by atoms with Gasteiger partial charge in [0.2, 0.25) is 0 Å². The molecule has 1 saturated carbocycles. The number of nitrogen functional groups attached to an aromatic ring is 1. The highest BCUT2D eigenvalue weighted by Crippen LogP contribution is 2.48. The molecule has 1 fully saturated rings. The number of hydrogen-bond donors (Lipinski definition) is 1. The van der Waals surface area contributed by atoms with Crippen LogP contribution in [-0.4, -0.2) is 20.9 Å². The summed E-state index contributed by atoms with van der Waals surface area (Å²) < 4.78 is 4.83. The summed E-state index contributed by atoms with van der Waals surface area (Å²) in [5.74, 6) is -0.133. The molecule has 1 aromatic rings. The van der Waals surface area contributed by atoms with Gasteiger partial charge in [-0.1, -0.05) is 17.6 Å². The minimum Gasteiger partial charge on any atom is -0.468 e. The molecule has 0 atom stereocenters. The molecular formula is C11H14BNO2. The third kappa shape index (κ3) is 1.50. The van der Waals surface area contributed by atoms with E-state index in [9.17, 15) is 4.79 Å². The molecule has 0 spiro atoms. The van der Waals surface area contributed by atoms with Gasteiger partial charge in [0, 0.05) is 5.69 Å². The molecule has 3 nitrogen and oxygen atoms in total. The molecule has 2 rings (SSSR count). The van der Waals surface area contributed by atoms with E-state index in [0.717, 1.165) is 29.6 Å². The van der Waals surface area contributed by atoms with Gasteiger partial charge in [-0.25, -0.2) is 0 Å². The molecule has 1 aromatic carbocycles. The highest BCUT2D eigenvalue weighted by Gasteiger charge is 2.52. The maximum Gasteiger partial charge on any atom is 0.316 e. The molecule has 15 heavy (non-hydrogen) atoms. The quantitative estimate of drug-likeness (QED) is 0.409. The van der Waals surface area contributed by atoms with Gasteiger partial charge in [0.1, 0.15) is 7.85 Å². The Hall–Kier alpha value is -1.45. The Labute approximate surface area is 90.0 Å². The van der Waals surface area contributed by atoms with Crippen molar-refractivity contribution in [3.8, 4) is 0 Å². The van der Waals surface area contributed by atoms with E-state index in [1.54, 1.807) is 0 Å². The first-order valence-electron chi connectivity index (χ1n) is 5.05. The number of hydrogen-bond acceptors (Lipinski definition) is 3. The van der Waals surface area contributed by atoms with E-state index in [0.29, 0.717) is 0 Å². The van der Waals surface area contributed by atoms with E-state index < -0.39 is 0 Å². The average Bonchev–Trinajstić information content (AvgIpc) is 3.02. The van der Waals surface area contributed by atoms with Gasteiger partial charge >= 0.3 is 5.97 Å². The third-order valence-electron chi connectivity index (χ3n) is 3.15. The Morgan fingerprint density at radius 2 is 2.20 bits per heavy atom. The Bertz CT molecular complexity index is 413. The van der Waals surface area contributed by atoms with Crippen LogP contribution >= 0.6 is 0 Å². The van der Waals surface area contributed by atoms with Crippen molar-refractivity contribution < 1.29 is 9.53 Å². The molecule has 0 heterocycles. The number of methoxy groups -OCH3 is 1. The van der Waals surface area contributed by atoms with Crippen LogP contribution in [0.25, 0.3) is 0 Å². The Morgan fingerprint density at radius 3 is 2.67 bits per heavy atom. The van der Waals surface area contributed by atoms with Gasteiger partial charge in [-0.15, -0.1) is 0 Å². The molecular weight excluding hydrogens is 189 g/mol. The summed E-state index contributed by atoms with van der Waals surface area (Å²) in [6.45, 7) is 0. The first-order valence-corrected chi connectivity index (χ1v) is 5.05. The zero-order chi connectivity index (χ0) is 11.1. The maximum atomic E-state index is 11.6. The molecule has 1 aliphatic carbocycles. The summed E-state index contributed by atoms with van der Waals surface area (Å²) in [7, 11) is 3.39. The largest absolute Gasteiger partial charge is 0.468 e. The standard InChI is InChI=1S/C11H14BNO2/c1-15-10(14)11(4-5-11)7-2-3-9(13)8(12)6-7/h2-3,6H,4-5,12-13H2,1H3. The van der Waals surface area contributed by atoms with Gasteiger partial charge in [0.25, 0.3) is 0 Å². The van der Waals surface area contributed by atoms with Crippen molar-refractivity contribution in [3.63, 3.8) is 0 Å². The molecule has 0 aliphatic heterocycles. The van der Waals surface area contributed by atoms with Gasteiger partial charge in [0.15, 0.2) is 0 Å². The van der Waals surface area contributed by atoms with Crippen molar-refractivity contribution >= 4 is 25.0 Å². The second-order valence-electron chi connectivity index (χ2n) is 4.15. The smallest absolute Gasteiger partial charge is 0.316 e. The Kier molecular flexibility index (Phi) is 2.22. The van der Waals surface area contributed by atoms with Gasteiger partial charge in [-0.05, 0) is 24.5 Å². The van der Waals surface area contributed by atoms with Crippen molar-refractivity contribution in [2.45, 2.75) is 18.3 Å². The summed E-state index contributed by atoms with van der Waals surface area (Å²) in [6.07, 6.45) is 1.76. The van der Waals surface area contributed by atoms with Crippen molar-refractivity contribution in [1.29, 1.82) is 0 Å². The van der Waals surface area contributed by atoms with E-state index in [2.05, 4.69) is 0 Å². The first-order chi connectivity index (χ1) is 7.10. The number of carbonyl (C=O) groups is 1. The normalized spacial score (nSPS) is 17.1. The summed E-state index contributed by atoms with van der Waals surface area (Å²) in [5, 5.41) is 0. The topological polar surface area (TPSA) is 52.3 Å². The lowest BCUT2D eigenvalue weighted by Gasteiger charge is -2.14. The second-order valence-corrected chi connectivity index (χ2v) is 4.15. The van der Waals surface area contributed by atoms with Crippen LogP contribution in [-0.2, 0) is 14.9 Å². The van der Waals surface area contributed by atoms with Gasteiger partial charge < -0.3 is 10.5 Å². The van der Waals surface area contributed by atoms with Crippen LogP contribution in [0.5, 0.6) is 0 Å². The minimum atomic E-state index is -0.382. The van der Waals surface area contributed by atoms with Gasteiger partial charge in [-0.3, -0.25) is 4.79 Å². The van der Waals surface area contributed by atoms with E-state index in [-0.39, 0.29) is 11.4 Å². The predicted molar refractivity (Wildman–Crippen MR) is 62.0 cm³/mol. The van der Waals surface area contributed by atoms with E-state index in [1.807, 2.05) is 26.0 Å². The van der Waals surface area contributed by atoms with E-state index in [4.69, 9.17) is 10.5 Å². The van der Waals surface area contributed by atoms with Crippen LogP contribution < -0.4 is 11.2 Å². The summed E-state index contributed by atoms with van der Waals surface area (Å²) >= 11 is 0. The highest BCUT2D eigenvalue weighted by atomic mass is 16.5. The molecule has 78 valence electrons. The molecule has 0 radical (unpaired) electrons. The maximum absolute atomic E-state index is 11.6. The van der Waals surface area contributed by atoms with Crippen LogP contribution in [0.4, 0.5) is 5.69 Å². The molecule has 0 saturated heterocycles. The number of anilines is 1. The monoisotopic (exact) mass is 203 g/mol. The molecule has 0 unspecified atom stereocenters. The number of esters is 1. The van der Waals surface area contributed by atoms with Crippen molar-refractivity contribution in [2.24, 2.45) is 0 Å². The van der Waals surface area contributed by atoms with Crippen LogP contribution in [0.3, 0.4) is 0 Å². The zero-order valence-electron chi connectivity index (χ0n) is 9.04. The molecule has 4 heteroatoms. The lowest BCUT2D eigenvalue weighted by Crippen LogP contribution is -2.24. The van der Waals surface area contributed by atoms with Crippen LogP contribution in [0.2, 0.25) is 0 Å². The minimum absolute atomic E-state index is 0.133. The van der Waals surface area contributed by atoms with Crippen molar-refractivity contribution in [3.05, 3.63) is 23.8 Å². The average molecular weight is 203 g/mol. The van der Waals surface area contributed by atoms with Crippen LogP contribution in [0.15, 0.2) is 18.2 Å². The molecule has 2 N–H and O–H groups in total. The van der Waals surface area contributed by atoms with E-state index in [1.165, 1.54) is 7.11 Å². The van der Waals surface area contributed by atoms with Crippen molar-refractivity contribution in [1.82, 2.24) is 0 Å². The summed E-state index contributed by atoms with van der Waals surface area (Å²) in [4.78, 5) is 11.6. The SMILES string of the molecule is Bc1cc(C2(C(=O)OC)CC2)ccc1N.